The maximum Gasteiger partial charge on any atom is 0.261 e. The molecule has 1 N–H and O–H groups in total. The molecule has 8 nitrogen and oxygen atoms in total. The van der Waals surface area contributed by atoms with Gasteiger partial charge in [-0.1, -0.05) is 6.07 Å². The Balaban J connectivity index is 1.88. The van der Waals surface area contributed by atoms with Gasteiger partial charge in [-0.05, 0) is 52.9 Å². The molecule has 0 radical (unpaired) electrons. The molecule has 0 atom stereocenters. The maximum atomic E-state index is 12.5. The van der Waals surface area contributed by atoms with Crippen molar-refractivity contribution in [1.29, 1.82) is 0 Å². The van der Waals surface area contributed by atoms with Crippen LogP contribution >= 0.6 is 0 Å². The van der Waals surface area contributed by atoms with Gasteiger partial charge in [0.15, 0.2) is 0 Å². The number of tetrazole rings is 1. The normalized spacial score (nSPS) is 11.2. The predicted molar refractivity (Wildman–Crippen MR) is 83.0 cm³/mol. The van der Waals surface area contributed by atoms with E-state index in [9.17, 15) is 8.42 Å². The highest BCUT2D eigenvalue weighted by Crippen LogP contribution is 2.20. The molecule has 0 spiro atoms. The molecule has 3 rings (SSSR count). The van der Waals surface area contributed by atoms with E-state index in [2.05, 4.69) is 20.2 Å². The van der Waals surface area contributed by atoms with Crippen molar-refractivity contribution in [3.8, 4) is 11.4 Å². The fourth-order valence-corrected chi connectivity index (χ4v) is 3.04. The van der Waals surface area contributed by atoms with Crippen LogP contribution in [0.3, 0.4) is 0 Å². The molecule has 0 aliphatic rings. The summed E-state index contributed by atoms with van der Waals surface area (Å²) in [6, 6.07) is 12.9. The molecule has 2 aromatic carbocycles. The van der Waals surface area contributed by atoms with Gasteiger partial charge in [0.1, 0.15) is 12.1 Å². The molecule has 1 heterocycles. The number of benzene rings is 2. The first kappa shape index (κ1) is 15.0. The third kappa shape index (κ3) is 3.29. The number of ether oxygens (including phenoxy) is 1. The second kappa shape index (κ2) is 6.05. The van der Waals surface area contributed by atoms with Gasteiger partial charge in [0.2, 0.25) is 0 Å². The Bertz CT molecular complexity index is 892. The van der Waals surface area contributed by atoms with Crippen molar-refractivity contribution in [1.82, 2.24) is 20.2 Å². The SMILES string of the molecule is COc1ccc(NS(=O)(=O)c2cccc(-n3cnnn3)c2)cc1. The van der Waals surface area contributed by atoms with Crippen LogP contribution in [-0.4, -0.2) is 35.7 Å². The van der Waals surface area contributed by atoms with E-state index in [4.69, 9.17) is 4.74 Å². The van der Waals surface area contributed by atoms with Crippen molar-refractivity contribution in [2.24, 2.45) is 0 Å². The highest BCUT2D eigenvalue weighted by Gasteiger charge is 2.15. The number of sulfonamides is 1. The van der Waals surface area contributed by atoms with E-state index < -0.39 is 10.0 Å². The first-order valence-corrected chi connectivity index (χ1v) is 8.07. The molecule has 1 aromatic heterocycles. The van der Waals surface area contributed by atoms with Crippen LogP contribution in [0, 0.1) is 0 Å². The van der Waals surface area contributed by atoms with Crippen LogP contribution in [0.1, 0.15) is 0 Å². The monoisotopic (exact) mass is 331 g/mol. The number of hydrogen-bond donors (Lipinski definition) is 1. The quantitative estimate of drug-likeness (QED) is 0.760. The summed E-state index contributed by atoms with van der Waals surface area (Å²) in [6.45, 7) is 0. The van der Waals surface area contributed by atoms with Gasteiger partial charge < -0.3 is 4.74 Å². The minimum atomic E-state index is -3.72. The van der Waals surface area contributed by atoms with Gasteiger partial charge in [-0.25, -0.2) is 13.1 Å². The van der Waals surface area contributed by atoms with E-state index in [0.717, 1.165) is 0 Å². The summed E-state index contributed by atoms with van der Waals surface area (Å²) in [5.74, 6) is 0.647. The molecular weight excluding hydrogens is 318 g/mol. The van der Waals surface area contributed by atoms with Gasteiger partial charge in [-0.15, -0.1) is 5.10 Å². The number of nitrogens with zero attached hydrogens (tertiary/aromatic N) is 4. The lowest BCUT2D eigenvalue weighted by Gasteiger charge is -2.09. The molecule has 9 heteroatoms. The predicted octanol–water partition coefficient (Wildman–Crippen LogP) is 1.47. The van der Waals surface area contributed by atoms with E-state index in [1.54, 1.807) is 43.5 Å². The van der Waals surface area contributed by atoms with Crippen molar-refractivity contribution in [2.75, 3.05) is 11.8 Å². The van der Waals surface area contributed by atoms with Crippen molar-refractivity contribution < 1.29 is 13.2 Å². The van der Waals surface area contributed by atoms with Crippen LogP contribution in [0.15, 0.2) is 59.8 Å². The lowest BCUT2D eigenvalue weighted by molar-refractivity contribution is 0.415. The Hall–Kier alpha value is -2.94. The molecule has 0 saturated heterocycles. The Morgan fingerprint density at radius 1 is 1.13 bits per heavy atom. The Kier molecular flexibility index (Phi) is 3.94. The van der Waals surface area contributed by atoms with Gasteiger partial charge in [0, 0.05) is 5.69 Å². The van der Waals surface area contributed by atoms with Crippen LogP contribution in [-0.2, 0) is 10.0 Å². The number of hydrogen-bond acceptors (Lipinski definition) is 6. The highest BCUT2D eigenvalue weighted by atomic mass is 32.2. The average molecular weight is 331 g/mol. The molecule has 23 heavy (non-hydrogen) atoms. The molecule has 0 aliphatic carbocycles. The number of aromatic nitrogens is 4. The smallest absolute Gasteiger partial charge is 0.261 e. The lowest BCUT2D eigenvalue weighted by Crippen LogP contribution is -2.13. The average Bonchev–Trinajstić information content (AvgIpc) is 3.10. The highest BCUT2D eigenvalue weighted by molar-refractivity contribution is 7.92. The number of anilines is 1. The number of nitrogens with one attached hydrogen (secondary N) is 1. The number of rotatable bonds is 5. The fraction of sp³-hybridized carbons (Fsp3) is 0.0714. The Morgan fingerprint density at radius 3 is 2.57 bits per heavy atom. The van der Waals surface area contributed by atoms with E-state index in [1.807, 2.05) is 0 Å². The largest absolute Gasteiger partial charge is 0.497 e. The van der Waals surface area contributed by atoms with E-state index in [-0.39, 0.29) is 4.90 Å². The Labute approximate surface area is 132 Å². The second-order valence-electron chi connectivity index (χ2n) is 4.59. The molecular formula is C14H13N5O3S. The zero-order valence-corrected chi connectivity index (χ0v) is 12.9. The summed E-state index contributed by atoms with van der Waals surface area (Å²) in [5.41, 5.74) is 0.992. The van der Waals surface area contributed by atoms with E-state index in [0.29, 0.717) is 17.1 Å². The molecule has 0 amide bonds. The molecule has 0 saturated carbocycles. The fourth-order valence-electron chi connectivity index (χ4n) is 1.95. The summed E-state index contributed by atoms with van der Waals surface area (Å²) in [7, 11) is -2.17. The van der Waals surface area contributed by atoms with E-state index >= 15 is 0 Å². The van der Waals surface area contributed by atoms with Crippen molar-refractivity contribution in [3.05, 3.63) is 54.9 Å². The summed E-state index contributed by atoms with van der Waals surface area (Å²) >= 11 is 0. The standard InChI is InChI=1S/C14H13N5O3S/c1-22-13-7-5-11(6-8-13)16-23(20,21)14-4-2-3-12(9-14)19-10-15-17-18-19/h2-10,16H,1H3. The zero-order chi connectivity index (χ0) is 16.3. The molecule has 118 valence electrons. The van der Waals surface area contributed by atoms with Crippen LogP contribution in [0.5, 0.6) is 5.75 Å². The first-order valence-electron chi connectivity index (χ1n) is 6.59. The topological polar surface area (TPSA) is 99.0 Å². The van der Waals surface area contributed by atoms with Crippen molar-refractivity contribution in [3.63, 3.8) is 0 Å². The summed E-state index contributed by atoms with van der Waals surface area (Å²) < 4.78 is 33.9. The maximum absolute atomic E-state index is 12.5. The van der Waals surface area contributed by atoms with Crippen molar-refractivity contribution in [2.45, 2.75) is 4.90 Å². The minimum absolute atomic E-state index is 0.112. The van der Waals surface area contributed by atoms with Crippen LogP contribution in [0.25, 0.3) is 5.69 Å². The van der Waals surface area contributed by atoms with Gasteiger partial charge in [0.05, 0.1) is 17.7 Å². The third-order valence-electron chi connectivity index (χ3n) is 3.08. The molecule has 0 fully saturated rings. The summed E-state index contributed by atoms with van der Waals surface area (Å²) in [4.78, 5) is 0.112. The van der Waals surface area contributed by atoms with Crippen LogP contribution < -0.4 is 9.46 Å². The second-order valence-corrected chi connectivity index (χ2v) is 6.27. The van der Waals surface area contributed by atoms with Crippen molar-refractivity contribution >= 4 is 15.7 Å². The Morgan fingerprint density at radius 2 is 1.91 bits per heavy atom. The molecule has 0 unspecified atom stereocenters. The number of methoxy groups -OCH3 is 1. The van der Waals surface area contributed by atoms with E-state index in [1.165, 1.54) is 23.1 Å². The van der Waals surface area contributed by atoms with Gasteiger partial charge >= 0.3 is 0 Å². The summed E-state index contributed by atoms with van der Waals surface area (Å²) in [6.07, 6.45) is 1.39. The first-order chi connectivity index (χ1) is 11.1. The molecule has 0 bridgehead atoms. The summed E-state index contributed by atoms with van der Waals surface area (Å²) in [5, 5.41) is 10.8. The van der Waals surface area contributed by atoms with Crippen LogP contribution in [0.4, 0.5) is 5.69 Å². The minimum Gasteiger partial charge on any atom is -0.497 e. The van der Waals surface area contributed by atoms with Gasteiger partial charge in [0.25, 0.3) is 10.0 Å². The van der Waals surface area contributed by atoms with Gasteiger partial charge in [-0.2, -0.15) is 0 Å². The molecule has 0 aliphatic heterocycles. The lowest BCUT2D eigenvalue weighted by atomic mass is 10.3. The zero-order valence-electron chi connectivity index (χ0n) is 12.1. The van der Waals surface area contributed by atoms with Gasteiger partial charge in [-0.3, -0.25) is 4.72 Å². The third-order valence-corrected chi connectivity index (χ3v) is 4.46. The van der Waals surface area contributed by atoms with Crippen LogP contribution in [0.2, 0.25) is 0 Å². The molecule has 3 aromatic rings.